The molecule has 0 amide bonds. The molecule has 46 heteroatoms. The van der Waals surface area contributed by atoms with Crippen LogP contribution in [0.4, 0.5) is 51.2 Å². The Hall–Kier alpha value is -8.98. The Labute approximate surface area is 503 Å². The van der Waals surface area contributed by atoms with Crippen molar-refractivity contribution in [1.82, 2.24) is 0 Å². The number of hydrogen-bond donors (Lipinski definition) is 12. The Bertz CT molecular complexity index is 5610. The first-order valence-electron chi connectivity index (χ1n) is 22.9. The van der Waals surface area contributed by atoms with Crippen LogP contribution in [0.5, 0.6) is 28.7 Å². The van der Waals surface area contributed by atoms with E-state index in [2.05, 4.69) is 40.9 Å². The second-order valence-corrected chi connectivity index (χ2v) is 28.8. The van der Waals surface area contributed by atoms with Crippen molar-refractivity contribution in [3.63, 3.8) is 0 Å². The maximum atomic E-state index is 13.1. The summed E-state index contributed by atoms with van der Waals surface area (Å²) in [7, 11) is -42.7. The first kappa shape index (κ1) is 67.0. The van der Waals surface area contributed by atoms with E-state index in [1.807, 2.05) is 0 Å². The van der Waals surface area contributed by atoms with Crippen molar-refractivity contribution in [3.05, 3.63) is 84.9 Å². The minimum atomic E-state index is -5.85. The number of benzene rings is 8. The minimum absolute atomic E-state index is 0.143. The third-order valence-corrected chi connectivity index (χ3v) is 19.4. The zero-order chi connectivity index (χ0) is 67.1. The van der Waals surface area contributed by atoms with Gasteiger partial charge in [0.1, 0.15) is 96.2 Å². The predicted molar refractivity (Wildman–Crippen MR) is 302 cm³/mol. The molecule has 8 rings (SSSR count). The van der Waals surface area contributed by atoms with Gasteiger partial charge in [-0.25, -0.2) is 0 Å². The summed E-state index contributed by atoms with van der Waals surface area (Å²) in [5.41, 5.74) is -3.60. The monoisotopic (exact) mass is 1410 g/mol. The Kier molecular flexibility index (Phi) is 17.2. The first-order chi connectivity index (χ1) is 41.3. The number of methoxy groups -OCH3 is 2. The first-order valence-corrected chi connectivity index (χ1v) is 34.4. The highest BCUT2D eigenvalue weighted by atomic mass is 32.2. The van der Waals surface area contributed by atoms with Crippen molar-refractivity contribution in [2.24, 2.45) is 40.9 Å². The number of nitrogens with two attached hydrogens (primary N) is 1. The van der Waals surface area contributed by atoms with Crippen molar-refractivity contribution in [2.75, 3.05) is 20.0 Å². The van der Waals surface area contributed by atoms with Gasteiger partial charge < -0.3 is 30.5 Å². The number of azo groups is 4. The fourth-order valence-electron chi connectivity index (χ4n) is 8.39. The molecule has 38 nitrogen and oxygen atoms in total. The van der Waals surface area contributed by atoms with Crippen molar-refractivity contribution < 1.29 is 129 Å². The molecule has 8 aromatic rings. The van der Waals surface area contributed by atoms with Crippen LogP contribution in [0.25, 0.3) is 32.3 Å². The lowest BCUT2D eigenvalue weighted by atomic mass is 10.0. The fraction of sp³-hybridized carbons (Fsp3) is 0.0455. The van der Waals surface area contributed by atoms with Crippen molar-refractivity contribution >= 4 is 164 Å². The number of nitrogen functional groups attached to an aromatic ring is 1. The number of hydrogen-bond acceptors (Lipinski definition) is 30. The summed E-state index contributed by atoms with van der Waals surface area (Å²) in [6.07, 6.45) is 0. The lowest BCUT2D eigenvalue weighted by molar-refractivity contribution is 0.412. The molecule has 0 saturated heterocycles. The van der Waals surface area contributed by atoms with Crippen LogP contribution in [-0.2, 0) is 80.9 Å². The number of aromatic hydroxyl groups is 3. The quantitative estimate of drug-likeness (QED) is 0.0225. The lowest BCUT2D eigenvalue weighted by Gasteiger charge is -2.15. The molecule has 0 aromatic heterocycles. The fourth-order valence-corrected chi connectivity index (χ4v) is 14.0. The van der Waals surface area contributed by atoms with Crippen LogP contribution in [-0.4, -0.2) is 133 Å². The third kappa shape index (κ3) is 13.2. The molecule has 8 aromatic carbocycles. The molecular weight excluding hydrogens is 1380 g/mol. The zero-order valence-electron chi connectivity index (χ0n) is 43.8. The lowest BCUT2D eigenvalue weighted by Crippen LogP contribution is -2.05. The molecule has 0 aliphatic heterocycles. The Balaban J connectivity index is 1.32. The molecule has 0 aliphatic carbocycles. The number of anilines is 1. The van der Waals surface area contributed by atoms with Crippen LogP contribution in [0.2, 0.25) is 0 Å². The van der Waals surface area contributed by atoms with Crippen LogP contribution in [0.15, 0.2) is 165 Å². The SMILES string of the molecule is COc1ccc(N=Nc2c(S(=O)(=O)O)cc3c(S(=O)(=O)O)c(N=Nc4cc(S(=O)(=O)O)c5cc(S(=O)(=O)O)c(N=Nc6ccc7c(O)c(N=Nc8ccc(OC)cc8S(=O)(=O)O)c(S(=O)(=O)O)cc7c6S(=O)(=O)O)c(O)c5c4N)ccc3c2O)c(S(=O)(=O)O)c1. The highest BCUT2D eigenvalue weighted by molar-refractivity contribution is 7.88. The average Bonchev–Trinajstić information content (AvgIpc) is 0.751. The summed E-state index contributed by atoms with van der Waals surface area (Å²) in [5, 5.41) is 56.7. The third-order valence-electron chi connectivity index (χ3n) is 12.2. The number of rotatable bonds is 18. The van der Waals surface area contributed by atoms with E-state index in [9.17, 15) is 119 Å². The van der Waals surface area contributed by atoms with Gasteiger partial charge >= 0.3 is 0 Å². The van der Waals surface area contributed by atoms with Crippen LogP contribution in [0, 0.1) is 0 Å². The predicted octanol–water partition coefficient (Wildman–Crippen LogP) is 7.50. The van der Waals surface area contributed by atoms with E-state index in [4.69, 9.17) is 15.2 Å². The molecule has 90 heavy (non-hydrogen) atoms. The second-order valence-electron chi connectivity index (χ2n) is 17.7. The van der Waals surface area contributed by atoms with E-state index in [0.717, 1.165) is 56.7 Å². The van der Waals surface area contributed by atoms with E-state index in [0.29, 0.717) is 24.3 Å². The number of ether oxygens (including phenoxy) is 2. The summed E-state index contributed by atoms with van der Waals surface area (Å²) < 4.78 is 295. The van der Waals surface area contributed by atoms with E-state index >= 15 is 0 Å². The maximum Gasteiger partial charge on any atom is 0.297 e. The van der Waals surface area contributed by atoms with E-state index in [1.165, 1.54) is 0 Å². The zero-order valence-corrected chi connectivity index (χ0v) is 50.3. The smallest absolute Gasteiger partial charge is 0.297 e. The summed E-state index contributed by atoms with van der Waals surface area (Å²) in [4.78, 5) is -11.1. The molecule has 0 unspecified atom stereocenters. The van der Waals surface area contributed by atoms with Crippen molar-refractivity contribution in [3.8, 4) is 28.7 Å². The summed E-state index contributed by atoms with van der Waals surface area (Å²) in [6, 6.07) is 9.08. The van der Waals surface area contributed by atoms with Crippen LogP contribution < -0.4 is 15.2 Å². The Morgan fingerprint density at radius 1 is 0.311 bits per heavy atom. The molecule has 0 atom stereocenters. The van der Waals surface area contributed by atoms with E-state index in [-0.39, 0.29) is 29.7 Å². The highest BCUT2D eigenvalue weighted by Gasteiger charge is 2.33. The van der Waals surface area contributed by atoms with Gasteiger partial charge in [-0.3, -0.25) is 36.4 Å². The molecule has 476 valence electrons. The van der Waals surface area contributed by atoms with Gasteiger partial charge in [-0.15, -0.1) is 40.9 Å². The van der Waals surface area contributed by atoms with E-state index in [1.54, 1.807) is 0 Å². The minimum Gasteiger partial charge on any atom is -0.505 e. The van der Waals surface area contributed by atoms with Crippen LogP contribution in [0.3, 0.4) is 0 Å². The van der Waals surface area contributed by atoms with Gasteiger partial charge in [-0.05, 0) is 72.8 Å². The normalized spacial score (nSPS) is 13.5. The van der Waals surface area contributed by atoms with Crippen molar-refractivity contribution in [1.29, 1.82) is 0 Å². The van der Waals surface area contributed by atoms with Crippen LogP contribution in [0.1, 0.15) is 0 Å². The van der Waals surface area contributed by atoms with Gasteiger partial charge in [-0.2, -0.15) is 67.3 Å². The topological polar surface area (TPSA) is 639 Å². The second kappa shape index (κ2) is 23.1. The number of phenols is 3. The number of nitrogens with zero attached hydrogens (tertiary/aromatic N) is 8. The van der Waals surface area contributed by atoms with Gasteiger partial charge in [0.25, 0.3) is 80.9 Å². The summed E-state index contributed by atoms with van der Waals surface area (Å²) >= 11 is 0. The maximum absolute atomic E-state index is 13.1. The largest absolute Gasteiger partial charge is 0.505 e. The molecule has 0 fully saturated rings. The summed E-state index contributed by atoms with van der Waals surface area (Å²) in [6.45, 7) is 0. The number of phenolic OH excluding ortho intramolecular Hbond substituents is 3. The van der Waals surface area contributed by atoms with Gasteiger partial charge in [-0.1, -0.05) is 0 Å². The van der Waals surface area contributed by atoms with Crippen LogP contribution >= 0.6 is 0 Å². The van der Waals surface area contributed by atoms with Gasteiger partial charge in [0.05, 0.1) is 25.3 Å². The molecule has 0 radical (unpaired) electrons. The number of fused-ring (bicyclic) bond motifs is 3. The summed E-state index contributed by atoms with van der Waals surface area (Å²) in [5.74, 6) is -4.72. The molecule has 0 saturated carbocycles. The molecule has 0 aliphatic rings. The Morgan fingerprint density at radius 3 is 0.944 bits per heavy atom. The van der Waals surface area contributed by atoms with Gasteiger partial charge in [0.2, 0.25) is 0 Å². The Morgan fingerprint density at radius 2 is 0.611 bits per heavy atom. The van der Waals surface area contributed by atoms with Gasteiger partial charge in [0, 0.05) is 39.1 Å². The highest BCUT2D eigenvalue weighted by Crippen LogP contribution is 2.51. The molecule has 0 spiro atoms. The molecule has 0 bridgehead atoms. The van der Waals surface area contributed by atoms with E-state index < -0.39 is 221 Å². The molecule has 13 N–H and O–H groups in total. The standard InChI is InChI=1S/C44H33N9O29S8/c1-81-17-3-7-24(30(11-17)84(60,61)62)46-51-37-32(86(66,67)68)13-21-19(40(37)54)5-9-26(43(21)89(75,76)77)48-50-28-16-29(83(57,58)59)23-15-34(88(72,73)74)39(42(56)35(23)36(28)45)53-49-27-10-6-20-22(44(27)90(78,79)80)14-33(87(69,70)71)38(41(20)55)52-47-25-8-4-18(82-2)12-31(25)85(63,64)65/h3-16,54-56H,45H2,1-2H3,(H,57,58,59)(H,60,61,62)(H,63,64,65)(H,66,67,68)(H,69,70,71)(H,72,73,74)(H,75,76,77)(H,78,79,80). The van der Waals surface area contributed by atoms with Crippen molar-refractivity contribution in [2.45, 2.75) is 39.2 Å². The molecular formula is C44H33N9O29S8. The average molecular weight is 1410 g/mol. The molecule has 0 heterocycles. The van der Waals surface area contributed by atoms with Gasteiger partial charge in [0.15, 0.2) is 17.2 Å².